The summed E-state index contributed by atoms with van der Waals surface area (Å²) in [7, 11) is -3.32. The lowest BCUT2D eigenvalue weighted by Gasteiger charge is -2.18. The van der Waals surface area contributed by atoms with E-state index < -0.39 is 10.0 Å². The Bertz CT molecular complexity index is 627. The van der Waals surface area contributed by atoms with Gasteiger partial charge in [-0.15, -0.1) is 0 Å². The van der Waals surface area contributed by atoms with E-state index >= 15 is 0 Å². The molecule has 1 N–H and O–H groups in total. The topological polar surface area (TPSA) is 46.2 Å². The molecule has 0 aliphatic heterocycles. The zero-order valence-electron chi connectivity index (χ0n) is 11.1. The van der Waals surface area contributed by atoms with Crippen LogP contribution < -0.4 is 4.72 Å². The molecule has 0 aromatic heterocycles. The van der Waals surface area contributed by atoms with Crippen LogP contribution in [0, 0.1) is 17.8 Å². The Balaban J connectivity index is 1.59. The van der Waals surface area contributed by atoms with E-state index in [1.165, 1.54) is 6.42 Å². The van der Waals surface area contributed by atoms with Gasteiger partial charge in [0.05, 0.1) is 5.75 Å². The van der Waals surface area contributed by atoms with Crippen molar-refractivity contribution in [2.45, 2.75) is 18.6 Å². The van der Waals surface area contributed by atoms with E-state index in [2.05, 4.69) is 16.9 Å². The lowest BCUT2D eigenvalue weighted by molar-refractivity contribution is 0.440. The van der Waals surface area contributed by atoms with Gasteiger partial charge in [0.2, 0.25) is 10.0 Å². The Morgan fingerprint density at radius 3 is 2.65 bits per heavy atom. The first-order valence-corrected chi connectivity index (χ1v) is 8.95. The van der Waals surface area contributed by atoms with Crippen molar-refractivity contribution in [1.82, 2.24) is 4.72 Å². The SMILES string of the molecule is O=S(=O)(Cc1ccccc1Cl)NC[C@H]1C[C@H]2C=C[C@H]1C2. The van der Waals surface area contributed by atoms with Crippen LogP contribution in [0.2, 0.25) is 5.02 Å². The maximum Gasteiger partial charge on any atom is 0.215 e. The monoisotopic (exact) mass is 311 g/mol. The molecule has 3 atom stereocenters. The van der Waals surface area contributed by atoms with Crippen molar-refractivity contribution < 1.29 is 8.42 Å². The molecule has 3 nitrogen and oxygen atoms in total. The summed E-state index contributed by atoms with van der Waals surface area (Å²) in [5.41, 5.74) is 0.648. The van der Waals surface area contributed by atoms with Gasteiger partial charge in [-0.05, 0) is 42.2 Å². The van der Waals surface area contributed by atoms with Crippen molar-refractivity contribution in [2.24, 2.45) is 17.8 Å². The first-order chi connectivity index (χ1) is 9.53. The summed E-state index contributed by atoms with van der Waals surface area (Å²) in [6.07, 6.45) is 6.80. The largest absolute Gasteiger partial charge is 0.215 e. The van der Waals surface area contributed by atoms with Crippen molar-refractivity contribution >= 4 is 21.6 Å². The van der Waals surface area contributed by atoms with Crippen LogP contribution in [0.1, 0.15) is 18.4 Å². The molecule has 0 amide bonds. The van der Waals surface area contributed by atoms with Crippen molar-refractivity contribution in [3.63, 3.8) is 0 Å². The van der Waals surface area contributed by atoms with Crippen LogP contribution in [0.3, 0.4) is 0 Å². The maximum atomic E-state index is 12.1. The molecule has 20 heavy (non-hydrogen) atoms. The minimum absolute atomic E-state index is 0.0523. The van der Waals surface area contributed by atoms with Gasteiger partial charge in [0.25, 0.3) is 0 Å². The van der Waals surface area contributed by atoms with Gasteiger partial charge in [-0.1, -0.05) is 42.0 Å². The molecule has 2 aliphatic carbocycles. The Kier molecular flexibility index (Phi) is 3.89. The van der Waals surface area contributed by atoms with E-state index in [1.54, 1.807) is 24.3 Å². The maximum absolute atomic E-state index is 12.1. The Morgan fingerprint density at radius 2 is 2.00 bits per heavy atom. The molecule has 0 radical (unpaired) electrons. The number of fused-ring (bicyclic) bond motifs is 2. The second-order valence-electron chi connectivity index (χ2n) is 5.74. The second-order valence-corrected chi connectivity index (χ2v) is 7.95. The summed E-state index contributed by atoms with van der Waals surface area (Å²) in [6.45, 7) is 0.540. The Morgan fingerprint density at radius 1 is 1.20 bits per heavy atom. The predicted molar refractivity (Wildman–Crippen MR) is 80.9 cm³/mol. The van der Waals surface area contributed by atoms with E-state index in [-0.39, 0.29) is 5.75 Å². The van der Waals surface area contributed by atoms with E-state index in [4.69, 9.17) is 11.6 Å². The molecule has 1 aromatic carbocycles. The Hall–Kier alpha value is -0.840. The van der Waals surface area contributed by atoms with Gasteiger partial charge in [-0.3, -0.25) is 0 Å². The summed E-state index contributed by atoms with van der Waals surface area (Å²) in [6, 6.07) is 7.07. The molecule has 2 aliphatic rings. The molecule has 0 unspecified atom stereocenters. The van der Waals surface area contributed by atoms with E-state index in [0.717, 1.165) is 6.42 Å². The molecule has 5 heteroatoms. The van der Waals surface area contributed by atoms with Crippen LogP contribution in [-0.4, -0.2) is 15.0 Å². The number of rotatable bonds is 5. The van der Waals surface area contributed by atoms with Gasteiger partial charge in [0.1, 0.15) is 0 Å². The second kappa shape index (κ2) is 5.51. The van der Waals surface area contributed by atoms with Crippen LogP contribution in [0.4, 0.5) is 0 Å². The van der Waals surface area contributed by atoms with Gasteiger partial charge < -0.3 is 0 Å². The first-order valence-electron chi connectivity index (χ1n) is 6.92. The van der Waals surface area contributed by atoms with E-state index in [9.17, 15) is 8.42 Å². The number of hydrogen-bond acceptors (Lipinski definition) is 2. The van der Waals surface area contributed by atoms with Crippen molar-refractivity contribution in [2.75, 3.05) is 6.54 Å². The molecular weight excluding hydrogens is 294 g/mol. The highest BCUT2D eigenvalue weighted by Crippen LogP contribution is 2.43. The molecule has 1 fully saturated rings. The quantitative estimate of drug-likeness (QED) is 0.850. The summed E-state index contributed by atoms with van der Waals surface area (Å²) >= 11 is 6.01. The lowest BCUT2D eigenvalue weighted by atomic mass is 9.94. The number of benzene rings is 1. The normalized spacial score (nSPS) is 28.1. The van der Waals surface area contributed by atoms with E-state index in [1.807, 2.05) is 0 Å². The number of allylic oxidation sites excluding steroid dienone is 2. The molecule has 0 heterocycles. The molecule has 1 saturated carbocycles. The van der Waals surface area contributed by atoms with Gasteiger partial charge in [0.15, 0.2) is 0 Å². The van der Waals surface area contributed by atoms with Crippen molar-refractivity contribution in [3.05, 3.63) is 47.0 Å². The average Bonchev–Trinajstić information content (AvgIpc) is 3.01. The smallest absolute Gasteiger partial charge is 0.215 e. The van der Waals surface area contributed by atoms with Gasteiger partial charge in [-0.2, -0.15) is 0 Å². The predicted octanol–water partition coefficient (Wildman–Crippen LogP) is 2.97. The third kappa shape index (κ3) is 3.08. The summed E-state index contributed by atoms with van der Waals surface area (Å²) in [5.74, 6) is 1.62. The molecular formula is C15H18ClNO2S. The minimum atomic E-state index is -3.32. The Labute approximate surface area is 125 Å². The van der Waals surface area contributed by atoms with Crippen LogP contribution in [0.5, 0.6) is 0 Å². The molecule has 3 rings (SSSR count). The standard InChI is InChI=1S/C15H18ClNO2S/c16-15-4-2-1-3-13(15)10-20(18,19)17-9-14-8-11-5-6-12(14)7-11/h1-6,11-12,14,17H,7-10H2/t11-,12-,14+/m0/s1. The van der Waals surface area contributed by atoms with Gasteiger partial charge in [0, 0.05) is 11.6 Å². The fourth-order valence-corrected chi connectivity index (χ4v) is 4.75. The molecule has 0 saturated heterocycles. The minimum Gasteiger partial charge on any atom is -0.215 e. The van der Waals surface area contributed by atoms with Crippen LogP contribution in [-0.2, 0) is 15.8 Å². The zero-order valence-corrected chi connectivity index (χ0v) is 12.7. The summed E-state index contributed by atoms with van der Waals surface area (Å²) in [5, 5.41) is 0.501. The highest BCUT2D eigenvalue weighted by molar-refractivity contribution is 7.88. The third-order valence-electron chi connectivity index (χ3n) is 4.29. The van der Waals surface area contributed by atoms with Crippen LogP contribution >= 0.6 is 11.6 Å². The van der Waals surface area contributed by atoms with Gasteiger partial charge in [-0.25, -0.2) is 13.1 Å². The van der Waals surface area contributed by atoms with E-state index in [0.29, 0.717) is 34.9 Å². The average molecular weight is 312 g/mol. The number of sulfonamides is 1. The molecule has 2 bridgehead atoms. The highest BCUT2D eigenvalue weighted by atomic mass is 35.5. The highest BCUT2D eigenvalue weighted by Gasteiger charge is 2.35. The van der Waals surface area contributed by atoms with Crippen LogP contribution in [0.25, 0.3) is 0 Å². The van der Waals surface area contributed by atoms with Crippen LogP contribution in [0.15, 0.2) is 36.4 Å². The summed E-state index contributed by atoms with van der Waals surface area (Å²) < 4.78 is 27.0. The third-order valence-corrected chi connectivity index (χ3v) is 5.95. The van der Waals surface area contributed by atoms with Gasteiger partial charge >= 0.3 is 0 Å². The fraction of sp³-hybridized carbons (Fsp3) is 0.467. The zero-order chi connectivity index (χ0) is 14.2. The number of nitrogens with one attached hydrogen (secondary N) is 1. The molecule has 1 aromatic rings. The molecule has 0 spiro atoms. The number of hydrogen-bond donors (Lipinski definition) is 1. The number of halogens is 1. The lowest BCUT2D eigenvalue weighted by Crippen LogP contribution is -2.32. The van der Waals surface area contributed by atoms with Crippen molar-refractivity contribution in [1.29, 1.82) is 0 Å². The molecule has 108 valence electrons. The first kappa shape index (κ1) is 14.1. The summed E-state index contributed by atoms with van der Waals surface area (Å²) in [4.78, 5) is 0. The van der Waals surface area contributed by atoms with Crippen molar-refractivity contribution in [3.8, 4) is 0 Å². The fourth-order valence-electron chi connectivity index (χ4n) is 3.23.